The van der Waals surface area contributed by atoms with Crippen LogP contribution >= 0.6 is 24.0 Å². The normalized spacial score (nSPS) is 14.6. The van der Waals surface area contributed by atoms with Gasteiger partial charge in [0.2, 0.25) is 9.93 Å². The first-order valence-corrected chi connectivity index (χ1v) is 10.9. The summed E-state index contributed by atoms with van der Waals surface area (Å²) in [7, 11) is 0. The number of piperidine rings is 1. The number of rotatable bonds is 6. The average Bonchev–Trinajstić information content (AvgIpc) is 3.12. The zero-order valence-electron chi connectivity index (χ0n) is 15.6. The van der Waals surface area contributed by atoms with Gasteiger partial charge in [-0.15, -0.1) is 5.10 Å². The first-order chi connectivity index (χ1) is 13.8. The van der Waals surface area contributed by atoms with E-state index in [1.54, 1.807) is 16.4 Å². The van der Waals surface area contributed by atoms with Gasteiger partial charge in [0.15, 0.2) is 0 Å². The second-order valence-corrected chi connectivity index (χ2v) is 8.11. The minimum absolute atomic E-state index is 0.497. The van der Waals surface area contributed by atoms with Gasteiger partial charge in [0.25, 0.3) is 0 Å². The average molecular weight is 410 g/mol. The monoisotopic (exact) mass is 409 g/mol. The smallest absolute Gasteiger partial charge is 0.217 e. The molecular formula is C21H23N5S2. The summed E-state index contributed by atoms with van der Waals surface area (Å²) >= 11 is 6.95. The second kappa shape index (κ2) is 9.21. The summed E-state index contributed by atoms with van der Waals surface area (Å²) in [4.78, 5) is 2.45. The lowest BCUT2D eigenvalue weighted by Crippen LogP contribution is -2.29. The Balaban J connectivity index is 1.44. The molecule has 0 unspecified atom stereocenters. The van der Waals surface area contributed by atoms with E-state index in [0.29, 0.717) is 4.77 Å². The SMILES string of the molecule is S=c1[nH]nc(SCc2ccccc2)n1/N=C\c1ccc(N2CCCCC2)cc1. The minimum Gasteiger partial charge on any atom is -0.372 e. The maximum Gasteiger partial charge on any atom is 0.217 e. The number of hydrogen-bond acceptors (Lipinski definition) is 5. The van der Waals surface area contributed by atoms with E-state index in [4.69, 9.17) is 12.2 Å². The van der Waals surface area contributed by atoms with Gasteiger partial charge in [0, 0.05) is 24.5 Å². The summed E-state index contributed by atoms with van der Waals surface area (Å²) < 4.78 is 2.18. The van der Waals surface area contributed by atoms with Gasteiger partial charge >= 0.3 is 0 Å². The third-order valence-electron chi connectivity index (χ3n) is 4.77. The van der Waals surface area contributed by atoms with Crippen molar-refractivity contribution in [3.05, 3.63) is 70.5 Å². The van der Waals surface area contributed by atoms with Gasteiger partial charge in [-0.1, -0.05) is 54.2 Å². The third kappa shape index (κ3) is 4.72. The Morgan fingerprint density at radius 3 is 2.54 bits per heavy atom. The molecule has 0 aliphatic carbocycles. The second-order valence-electron chi connectivity index (χ2n) is 6.78. The van der Waals surface area contributed by atoms with Gasteiger partial charge in [-0.05, 0) is 54.7 Å². The predicted molar refractivity (Wildman–Crippen MR) is 119 cm³/mol. The molecule has 0 spiro atoms. The Hall–Kier alpha value is -2.38. The molecule has 7 heteroatoms. The highest BCUT2D eigenvalue weighted by molar-refractivity contribution is 7.98. The van der Waals surface area contributed by atoms with Crippen LogP contribution in [0.5, 0.6) is 0 Å². The van der Waals surface area contributed by atoms with Crippen molar-refractivity contribution >= 4 is 35.9 Å². The summed E-state index contributed by atoms with van der Waals surface area (Å²) in [5, 5.41) is 12.5. The minimum atomic E-state index is 0.497. The van der Waals surface area contributed by atoms with Gasteiger partial charge in [0.1, 0.15) is 0 Å². The molecule has 1 aliphatic rings. The van der Waals surface area contributed by atoms with Crippen molar-refractivity contribution in [2.45, 2.75) is 30.2 Å². The van der Waals surface area contributed by atoms with Crippen LogP contribution in [-0.4, -0.2) is 34.2 Å². The number of aromatic amines is 1. The molecule has 5 nitrogen and oxygen atoms in total. The van der Waals surface area contributed by atoms with Gasteiger partial charge in [-0.25, -0.2) is 5.10 Å². The topological polar surface area (TPSA) is 49.2 Å². The molecule has 3 aromatic rings. The van der Waals surface area contributed by atoms with E-state index >= 15 is 0 Å². The first kappa shape index (κ1) is 19.0. The molecule has 1 aliphatic heterocycles. The van der Waals surface area contributed by atoms with Crippen LogP contribution in [0.1, 0.15) is 30.4 Å². The molecule has 1 fully saturated rings. The van der Waals surface area contributed by atoms with Crippen molar-refractivity contribution < 1.29 is 0 Å². The maximum absolute atomic E-state index is 5.34. The van der Waals surface area contributed by atoms with Crippen molar-refractivity contribution in [1.82, 2.24) is 14.9 Å². The fourth-order valence-corrected chi connectivity index (χ4v) is 4.34. The van der Waals surface area contributed by atoms with Gasteiger partial charge in [-0.3, -0.25) is 0 Å². The highest BCUT2D eigenvalue weighted by Gasteiger charge is 2.10. The van der Waals surface area contributed by atoms with Crippen molar-refractivity contribution in [2.24, 2.45) is 5.10 Å². The van der Waals surface area contributed by atoms with Crippen LogP contribution in [0.15, 0.2) is 64.9 Å². The molecule has 0 radical (unpaired) electrons. The number of benzene rings is 2. The van der Waals surface area contributed by atoms with E-state index in [9.17, 15) is 0 Å². The van der Waals surface area contributed by atoms with Gasteiger partial charge < -0.3 is 4.90 Å². The van der Waals surface area contributed by atoms with Crippen LogP contribution in [0.4, 0.5) is 5.69 Å². The highest BCUT2D eigenvalue weighted by Crippen LogP contribution is 2.22. The predicted octanol–water partition coefficient (Wildman–Crippen LogP) is 5.11. The molecule has 0 atom stereocenters. The lowest BCUT2D eigenvalue weighted by molar-refractivity contribution is 0.578. The van der Waals surface area contributed by atoms with Crippen molar-refractivity contribution in [3.8, 4) is 0 Å². The first-order valence-electron chi connectivity index (χ1n) is 9.53. The number of hydrogen-bond donors (Lipinski definition) is 1. The van der Waals surface area contributed by atoms with Crippen molar-refractivity contribution in [2.75, 3.05) is 18.0 Å². The summed E-state index contributed by atoms with van der Waals surface area (Å²) in [6.07, 6.45) is 5.74. The van der Waals surface area contributed by atoms with Crippen LogP contribution in [0, 0.1) is 4.77 Å². The zero-order chi connectivity index (χ0) is 19.2. The molecule has 4 rings (SSSR count). The molecule has 0 amide bonds. The molecule has 1 saturated heterocycles. The fourth-order valence-electron chi connectivity index (χ4n) is 3.24. The maximum atomic E-state index is 5.34. The van der Waals surface area contributed by atoms with Crippen LogP contribution < -0.4 is 4.90 Å². The summed E-state index contributed by atoms with van der Waals surface area (Å²) in [5.74, 6) is 0.820. The Morgan fingerprint density at radius 1 is 1.04 bits per heavy atom. The molecule has 144 valence electrons. The quantitative estimate of drug-likeness (QED) is 0.349. The van der Waals surface area contributed by atoms with E-state index in [2.05, 4.69) is 56.6 Å². The third-order valence-corrected chi connectivity index (χ3v) is 6.03. The lowest BCUT2D eigenvalue weighted by atomic mass is 10.1. The molecular weight excluding hydrogens is 386 g/mol. The molecule has 1 aromatic heterocycles. The van der Waals surface area contributed by atoms with Crippen LogP contribution in [0.3, 0.4) is 0 Å². The Labute approximate surface area is 174 Å². The van der Waals surface area contributed by atoms with E-state index in [0.717, 1.165) is 29.6 Å². The zero-order valence-corrected chi connectivity index (χ0v) is 17.3. The Bertz CT molecular complexity index is 970. The largest absolute Gasteiger partial charge is 0.372 e. The highest BCUT2D eigenvalue weighted by atomic mass is 32.2. The van der Waals surface area contributed by atoms with E-state index in [1.807, 2.05) is 24.4 Å². The van der Waals surface area contributed by atoms with Gasteiger partial charge in [0.05, 0.1) is 6.21 Å². The Kier molecular flexibility index (Phi) is 6.24. The fraction of sp³-hybridized carbons (Fsp3) is 0.286. The summed E-state index contributed by atoms with van der Waals surface area (Å²) in [6.45, 7) is 2.30. The number of H-pyrrole nitrogens is 1. The molecule has 2 heterocycles. The number of nitrogens with one attached hydrogen (secondary N) is 1. The van der Waals surface area contributed by atoms with Crippen LogP contribution in [0.2, 0.25) is 0 Å². The number of aromatic nitrogens is 3. The van der Waals surface area contributed by atoms with E-state index in [1.165, 1.54) is 30.5 Å². The van der Waals surface area contributed by atoms with Crippen LogP contribution in [-0.2, 0) is 5.75 Å². The van der Waals surface area contributed by atoms with Crippen LogP contribution in [0.25, 0.3) is 0 Å². The van der Waals surface area contributed by atoms with E-state index in [-0.39, 0.29) is 0 Å². The molecule has 28 heavy (non-hydrogen) atoms. The number of anilines is 1. The van der Waals surface area contributed by atoms with Crippen molar-refractivity contribution in [3.63, 3.8) is 0 Å². The Morgan fingerprint density at radius 2 is 1.79 bits per heavy atom. The van der Waals surface area contributed by atoms with Crippen molar-refractivity contribution in [1.29, 1.82) is 0 Å². The lowest BCUT2D eigenvalue weighted by Gasteiger charge is -2.28. The van der Waals surface area contributed by atoms with E-state index < -0.39 is 0 Å². The summed E-state index contributed by atoms with van der Waals surface area (Å²) in [5.41, 5.74) is 3.57. The number of thioether (sulfide) groups is 1. The summed E-state index contributed by atoms with van der Waals surface area (Å²) in [6, 6.07) is 18.9. The molecule has 1 N–H and O–H groups in total. The molecule has 2 aromatic carbocycles. The standard InChI is InChI=1S/C21H23N5S2/c27-20-23-24-21(28-16-18-7-3-1-4-8-18)26(20)22-15-17-9-11-19(12-10-17)25-13-5-2-6-14-25/h1,3-4,7-12,15H,2,5-6,13-14,16H2,(H,23,27)/b22-15-. The molecule has 0 saturated carbocycles. The van der Waals surface area contributed by atoms with Gasteiger partial charge in [-0.2, -0.15) is 9.78 Å². The molecule has 0 bridgehead atoms. The number of nitrogens with zero attached hydrogens (tertiary/aromatic N) is 4.